The molecule has 0 radical (unpaired) electrons. The molecule has 1 aromatic heterocycles. The van der Waals surface area contributed by atoms with E-state index in [4.69, 9.17) is 21.7 Å². The number of alkyl halides is 3. The van der Waals surface area contributed by atoms with Crippen LogP contribution in [0.3, 0.4) is 0 Å². The number of nitrogens with one attached hydrogen (secondary N) is 2. The van der Waals surface area contributed by atoms with Crippen molar-refractivity contribution in [1.29, 1.82) is 0 Å². The summed E-state index contributed by atoms with van der Waals surface area (Å²) in [7, 11) is -1.54. The fraction of sp³-hybridized carbons (Fsp3) is 0.267. The number of nitrogens with zero attached hydrogens (tertiary/aromatic N) is 2. The Morgan fingerprint density at radius 3 is 2.25 bits per heavy atom. The van der Waals surface area contributed by atoms with E-state index in [0.717, 1.165) is 12.1 Å². The molecule has 0 fully saturated rings. The summed E-state index contributed by atoms with van der Waals surface area (Å²) in [4.78, 5) is 7.81. The lowest BCUT2D eigenvalue weighted by Crippen LogP contribution is -2.35. The highest BCUT2D eigenvalue weighted by Gasteiger charge is 2.34. The summed E-state index contributed by atoms with van der Waals surface area (Å²) in [5, 5.41) is 1.98. The predicted octanol–water partition coefficient (Wildman–Crippen LogP) is 2.33. The standard InChI is InChI=1S/C15H15F3N4O4S2/c1-25-11-7-12(26-2)20-13(19-11)21-14(27)22-28(23,24)8-9-5-3-4-6-10(9)15(16,17)18/h3-7H,8H2,1-2H3,(H2,19,20,21,22,27). The second-order valence-electron chi connectivity index (χ2n) is 5.25. The molecule has 0 unspecified atom stereocenters. The Kier molecular flexibility index (Phi) is 6.61. The lowest BCUT2D eigenvalue weighted by Gasteiger charge is -2.14. The molecule has 13 heteroatoms. The van der Waals surface area contributed by atoms with Crippen molar-refractivity contribution < 1.29 is 31.1 Å². The fourth-order valence-electron chi connectivity index (χ4n) is 2.10. The van der Waals surface area contributed by atoms with Gasteiger partial charge in [0.25, 0.3) is 0 Å². The number of anilines is 1. The number of aromatic nitrogens is 2. The molecule has 0 saturated carbocycles. The van der Waals surface area contributed by atoms with Crippen LogP contribution in [-0.4, -0.2) is 37.7 Å². The summed E-state index contributed by atoms with van der Waals surface area (Å²) in [5.74, 6) is -0.801. The first kappa shape index (κ1) is 21.6. The average molecular weight is 436 g/mol. The van der Waals surface area contributed by atoms with Gasteiger partial charge in [0.2, 0.25) is 27.7 Å². The van der Waals surface area contributed by atoms with Gasteiger partial charge in [-0.25, -0.2) is 8.42 Å². The molecular weight excluding hydrogens is 421 g/mol. The second kappa shape index (κ2) is 8.56. The molecule has 2 rings (SSSR count). The van der Waals surface area contributed by atoms with E-state index in [-0.39, 0.29) is 17.7 Å². The number of thiocarbonyl (C=S) groups is 1. The van der Waals surface area contributed by atoms with Gasteiger partial charge in [-0.3, -0.25) is 4.72 Å². The minimum atomic E-state index is -4.68. The SMILES string of the molecule is COc1cc(OC)nc(NC(=S)NS(=O)(=O)Cc2ccccc2C(F)(F)F)n1. The van der Waals surface area contributed by atoms with Gasteiger partial charge in [-0.1, -0.05) is 18.2 Å². The van der Waals surface area contributed by atoms with Crippen LogP contribution in [0.5, 0.6) is 11.8 Å². The molecule has 1 heterocycles. The molecule has 152 valence electrons. The van der Waals surface area contributed by atoms with Crippen LogP contribution in [0, 0.1) is 0 Å². The maximum absolute atomic E-state index is 13.0. The number of hydrogen-bond acceptors (Lipinski definition) is 7. The molecule has 0 bridgehead atoms. The first-order chi connectivity index (χ1) is 13.0. The Hall–Kier alpha value is -2.67. The highest BCUT2D eigenvalue weighted by molar-refractivity contribution is 7.91. The maximum Gasteiger partial charge on any atom is 0.416 e. The third-order valence-corrected chi connectivity index (χ3v) is 4.78. The number of benzene rings is 1. The Bertz CT molecular complexity index is 946. The lowest BCUT2D eigenvalue weighted by molar-refractivity contribution is -0.138. The Morgan fingerprint density at radius 2 is 1.71 bits per heavy atom. The summed E-state index contributed by atoms with van der Waals surface area (Å²) in [6.07, 6.45) is -4.68. The summed E-state index contributed by atoms with van der Waals surface area (Å²) >= 11 is 4.88. The van der Waals surface area contributed by atoms with Gasteiger partial charge in [0.15, 0.2) is 5.11 Å². The van der Waals surface area contributed by atoms with Crippen LogP contribution in [-0.2, 0) is 22.0 Å². The van der Waals surface area contributed by atoms with Crippen molar-refractivity contribution in [3.63, 3.8) is 0 Å². The van der Waals surface area contributed by atoms with Crippen LogP contribution in [0.25, 0.3) is 0 Å². The average Bonchev–Trinajstić information content (AvgIpc) is 2.59. The van der Waals surface area contributed by atoms with E-state index in [1.165, 1.54) is 32.4 Å². The van der Waals surface area contributed by atoms with Gasteiger partial charge in [0, 0.05) is 0 Å². The monoisotopic (exact) mass is 436 g/mol. The third-order valence-electron chi connectivity index (χ3n) is 3.24. The zero-order chi connectivity index (χ0) is 20.9. The van der Waals surface area contributed by atoms with E-state index in [1.54, 1.807) is 0 Å². The van der Waals surface area contributed by atoms with Crippen molar-refractivity contribution >= 4 is 33.3 Å². The van der Waals surface area contributed by atoms with E-state index >= 15 is 0 Å². The van der Waals surface area contributed by atoms with Gasteiger partial charge in [0.1, 0.15) is 0 Å². The zero-order valence-corrected chi connectivity index (χ0v) is 16.2. The summed E-state index contributed by atoms with van der Waals surface area (Å²) in [5.41, 5.74) is -1.45. The van der Waals surface area contributed by atoms with Crippen LogP contribution in [0.4, 0.5) is 19.1 Å². The molecule has 0 spiro atoms. The summed E-state index contributed by atoms with van der Waals surface area (Å²) in [6.45, 7) is 0. The van der Waals surface area contributed by atoms with E-state index in [1.807, 2.05) is 4.72 Å². The number of rotatable bonds is 6. The molecular formula is C15H15F3N4O4S2. The number of ether oxygens (including phenoxy) is 2. The largest absolute Gasteiger partial charge is 0.481 e. The number of halogens is 3. The molecule has 0 saturated heterocycles. The van der Waals surface area contributed by atoms with Gasteiger partial charge in [-0.05, 0) is 23.8 Å². The molecule has 28 heavy (non-hydrogen) atoms. The molecule has 1 aromatic carbocycles. The van der Waals surface area contributed by atoms with Gasteiger partial charge in [-0.2, -0.15) is 23.1 Å². The topological polar surface area (TPSA) is 102 Å². The highest BCUT2D eigenvalue weighted by Crippen LogP contribution is 2.32. The first-order valence-electron chi connectivity index (χ1n) is 7.47. The van der Waals surface area contributed by atoms with Gasteiger partial charge in [-0.15, -0.1) is 0 Å². The molecule has 2 aromatic rings. The third kappa shape index (κ3) is 5.92. The number of sulfonamides is 1. The normalized spacial score (nSPS) is 11.6. The molecule has 0 atom stereocenters. The number of methoxy groups -OCH3 is 2. The smallest absolute Gasteiger partial charge is 0.416 e. The Labute approximate surface area is 164 Å². The van der Waals surface area contributed by atoms with Crippen molar-refractivity contribution in [2.45, 2.75) is 11.9 Å². The molecule has 0 aliphatic rings. The van der Waals surface area contributed by atoms with Gasteiger partial charge >= 0.3 is 6.18 Å². The van der Waals surface area contributed by atoms with E-state index in [9.17, 15) is 21.6 Å². The second-order valence-corrected chi connectivity index (χ2v) is 7.38. The van der Waals surface area contributed by atoms with Crippen LogP contribution >= 0.6 is 12.2 Å². The molecule has 8 nitrogen and oxygen atoms in total. The summed E-state index contributed by atoms with van der Waals surface area (Å²) in [6, 6.07) is 5.75. The van der Waals surface area contributed by atoms with Crippen LogP contribution < -0.4 is 19.5 Å². The highest BCUT2D eigenvalue weighted by atomic mass is 32.2. The predicted molar refractivity (Wildman–Crippen MR) is 98.6 cm³/mol. The van der Waals surface area contributed by atoms with E-state index in [2.05, 4.69) is 15.3 Å². The molecule has 0 amide bonds. The Morgan fingerprint density at radius 1 is 1.14 bits per heavy atom. The van der Waals surface area contributed by atoms with E-state index < -0.39 is 38.2 Å². The minimum absolute atomic E-state index is 0.124. The van der Waals surface area contributed by atoms with Crippen LogP contribution in [0.2, 0.25) is 0 Å². The fourth-order valence-corrected chi connectivity index (χ4v) is 3.64. The van der Waals surface area contributed by atoms with Crippen molar-refractivity contribution in [1.82, 2.24) is 14.7 Å². The van der Waals surface area contributed by atoms with E-state index in [0.29, 0.717) is 0 Å². The maximum atomic E-state index is 13.0. The van der Waals surface area contributed by atoms with Crippen LogP contribution in [0.15, 0.2) is 30.3 Å². The molecule has 0 aliphatic heterocycles. The summed E-state index contributed by atoms with van der Waals surface area (Å²) < 4.78 is 75.4. The number of hydrogen-bond donors (Lipinski definition) is 2. The van der Waals surface area contributed by atoms with Crippen molar-refractivity contribution in [2.75, 3.05) is 19.5 Å². The van der Waals surface area contributed by atoms with Crippen molar-refractivity contribution in [3.05, 3.63) is 41.5 Å². The first-order valence-corrected chi connectivity index (χ1v) is 9.54. The minimum Gasteiger partial charge on any atom is -0.481 e. The van der Waals surface area contributed by atoms with Gasteiger partial charge < -0.3 is 14.8 Å². The van der Waals surface area contributed by atoms with Crippen LogP contribution in [0.1, 0.15) is 11.1 Å². The Balaban J connectivity index is 2.14. The zero-order valence-electron chi connectivity index (χ0n) is 14.6. The molecule has 2 N–H and O–H groups in total. The van der Waals surface area contributed by atoms with Gasteiger partial charge in [0.05, 0.1) is 31.6 Å². The van der Waals surface area contributed by atoms with Crippen molar-refractivity contribution in [3.8, 4) is 11.8 Å². The lowest BCUT2D eigenvalue weighted by atomic mass is 10.1. The van der Waals surface area contributed by atoms with Crippen molar-refractivity contribution in [2.24, 2.45) is 0 Å². The molecule has 0 aliphatic carbocycles. The quantitative estimate of drug-likeness (QED) is 0.666.